The Kier molecular flexibility index (Phi) is 3.10. The van der Waals surface area contributed by atoms with E-state index in [0.29, 0.717) is 0 Å². The predicted octanol–water partition coefficient (Wildman–Crippen LogP) is 4.58. The summed E-state index contributed by atoms with van der Waals surface area (Å²) in [7, 11) is 0. The lowest BCUT2D eigenvalue weighted by atomic mass is 9.99. The van der Waals surface area contributed by atoms with Crippen LogP contribution in [0.3, 0.4) is 0 Å². The van der Waals surface area contributed by atoms with Crippen LogP contribution in [0.2, 0.25) is 0 Å². The molecule has 0 bridgehead atoms. The predicted molar refractivity (Wildman–Crippen MR) is 74.1 cm³/mol. The Morgan fingerprint density at radius 1 is 0.867 bits per heavy atom. The molecule has 0 saturated carbocycles. The van der Waals surface area contributed by atoms with Crippen molar-refractivity contribution >= 4 is 22.6 Å². The van der Waals surface area contributed by atoms with Gasteiger partial charge in [-0.3, -0.25) is 0 Å². The minimum atomic E-state index is 1.31. The van der Waals surface area contributed by atoms with Crippen LogP contribution in [0.4, 0.5) is 0 Å². The van der Waals surface area contributed by atoms with E-state index in [0.717, 1.165) is 0 Å². The molecule has 0 fully saturated rings. The monoisotopic (exact) mass is 308 g/mol. The lowest BCUT2D eigenvalue weighted by molar-refractivity contribution is 1.38. The van der Waals surface area contributed by atoms with Crippen LogP contribution >= 0.6 is 22.6 Å². The van der Waals surface area contributed by atoms with Crippen molar-refractivity contribution in [2.45, 2.75) is 13.8 Å². The van der Waals surface area contributed by atoms with E-state index in [2.05, 4.69) is 78.9 Å². The highest BCUT2D eigenvalue weighted by atomic mass is 127. The maximum Gasteiger partial charge on any atom is 0.0208 e. The summed E-state index contributed by atoms with van der Waals surface area (Å²) in [6.45, 7) is 4.30. The molecule has 0 heterocycles. The van der Waals surface area contributed by atoms with Gasteiger partial charge in [0.1, 0.15) is 0 Å². The largest absolute Gasteiger partial charge is 0.0616 e. The molecule has 0 aliphatic heterocycles. The summed E-state index contributed by atoms with van der Waals surface area (Å²) in [4.78, 5) is 0. The quantitative estimate of drug-likeness (QED) is 0.677. The molecule has 0 nitrogen and oxygen atoms in total. The van der Waals surface area contributed by atoms with Crippen molar-refractivity contribution in [3.05, 3.63) is 57.2 Å². The van der Waals surface area contributed by atoms with Crippen molar-refractivity contribution in [2.24, 2.45) is 0 Å². The number of benzene rings is 2. The second-order valence-corrected chi connectivity index (χ2v) is 4.96. The topological polar surface area (TPSA) is 0 Å². The summed E-state index contributed by atoms with van der Waals surface area (Å²) in [5.41, 5.74) is 5.34. The molecule has 2 aromatic carbocycles. The van der Waals surface area contributed by atoms with Crippen LogP contribution in [-0.4, -0.2) is 0 Å². The molecule has 0 saturated heterocycles. The number of aryl methyl sites for hydroxylation is 2. The van der Waals surface area contributed by atoms with Gasteiger partial charge in [0, 0.05) is 3.57 Å². The molecule has 2 aromatic rings. The van der Waals surface area contributed by atoms with Crippen LogP contribution in [0.1, 0.15) is 11.1 Å². The molecule has 0 N–H and O–H groups in total. The fraction of sp³-hybridized carbons (Fsp3) is 0.143. The fourth-order valence-electron chi connectivity index (χ4n) is 1.80. The van der Waals surface area contributed by atoms with Gasteiger partial charge in [-0.1, -0.05) is 42.0 Å². The fourth-order valence-corrected chi connectivity index (χ4v) is 2.47. The van der Waals surface area contributed by atoms with Crippen molar-refractivity contribution in [3.8, 4) is 11.1 Å². The maximum atomic E-state index is 2.39. The van der Waals surface area contributed by atoms with E-state index in [9.17, 15) is 0 Å². The lowest BCUT2D eigenvalue weighted by Crippen LogP contribution is -1.87. The van der Waals surface area contributed by atoms with Crippen LogP contribution in [0.25, 0.3) is 11.1 Å². The zero-order valence-corrected chi connectivity index (χ0v) is 11.1. The van der Waals surface area contributed by atoms with Crippen LogP contribution in [0.5, 0.6) is 0 Å². The number of hydrogen-bond donors (Lipinski definition) is 0. The Bertz CT molecular complexity index is 486. The van der Waals surface area contributed by atoms with E-state index >= 15 is 0 Å². The summed E-state index contributed by atoms with van der Waals surface area (Å²) < 4.78 is 1.31. The summed E-state index contributed by atoms with van der Waals surface area (Å²) in [6.07, 6.45) is 0. The van der Waals surface area contributed by atoms with Gasteiger partial charge in [-0.25, -0.2) is 0 Å². The third kappa shape index (κ3) is 2.23. The molecule has 0 aliphatic carbocycles. The van der Waals surface area contributed by atoms with E-state index in [-0.39, 0.29) is 0 Å². The van der Waals surface area contributed by atoms with E-state index in [1.54, 1.807) is 0 Å². The molecule has 0 amide bonds. The maximum absolute atomic E-state index is 2.39. The van der Waals surface area contributed by atoms with Gasteiger partial charge in [0.2, 0.25) is 0 Å². The lowest BCUT2D eigenvalue weighted by Gasteiger charge is -2.08. The van der Waals surface area contributed by atoms with E-state index in [1.165, 1.54) is 25.8 Å². The summed E-state index contributed by atoms with van der Waals surface area (Å²) in [5.74, 6) is 0. The highest BCUT2D eigenvalue weighted by Crippen LogP contribution is 2.28. The van der Waals surface area contributed by atoms with Crippen molar-refractivity contribution < 1.29 is 0 Å². The minimum Gasteiger partial charge on any atom is -0.0616 e. The zero-order chi connectivity index (χ0) is 10.8. The SMILES string of the molecule is Cc1ccc(-c2ccccc2I)c(C)c1. The van der Waals surface area contributed by atoms with Gasteiger partial charge in [-0.05, 0) is 59.2 Å². The van der Waals surface area contributed by atoms with E-state index in [4.69, 9.17) is 0 Å². The van der Waals surface area contributed by atoms with Gasteiger partial charge < -0.3 is 0 Å². The Balaban J connectivity index is 2.60. The Morgan fingerprint density at radius 2 is 1.60 bits per heavy atom. The third-order valence-corrected chi connectivity index (χ3v) is 3.49. The van der Waals surface area contributed by atoms with Crippen LogP contribution in [-0.2, 0) is 0 Å². The van der Waals surface area contributed by atoms with Gasteiger partial charge in [-0.15, -0.1) is 0 Å². The molecule has 1 heteroatoms. The Labute approximate surface area is 104 Å². The molecular formula is C14H13I. The average Bonchev–Trinajstić information content (AvgIpc) is 2.20. The second-order valence-electron chi connectivity index (χ2n) is 3.80. The summed E-state index contributed by atoms with van der Waals surface area (Å²) in [6, 6.07) is 15.1. The van der Waals surface area contributed by atoms with E-state index in [1.807, 2.05) is 0 Å². The third-order valence-electron chi connectivity index (χ3n) is 2.55. The van der Waals surface area contributed by atoms with Gasteiger partial charge in [0.05, 0.1) is 0 Å². The first-order chi connectivity index (χ1) is 7.18. The van der Waals surface area contributed by atoms with Crippen molar-refractivity contribution in [1.82, 2.24) is 0 Å². The number of hydrogen-bond acceptors (Lipinski definition) is 0. The van der Waals surface area contributed by atoms with Crippen molar-refractivity contribution in [2.75, 3.05) is 0 Å². The average molecular weight is 308 g/mol. The molecule has 15 heavy (non-hydrogen) atoms. The van der Waals surface area contributed by atoms with Crippen molar-refractivity contribution in [1.29, 1.82) is 0 Å². The molecular weight excluding hydrogens is 295 g/mol. The Morgan fingerprint density at radius 3 is 2.27 bits per heavy atom. The number of halogens is 1. The summed E-state index contributed by atoms with van der Waals surface area (Å²) >= 11 is 2.39. The van der Waals surface area contributed by atoms with Gasteiger partial charge >= 0.3 is 0 Å². The second kappa shape index (κ2) is 4.35. The number of rotatable bonds is 1. The minimum absolute atomic E-state index is 1.31. The molecule has 2 rings (SSSR count). The zero-order valence-electron chi connectivity index (χ0n) is 8.92. The molecule has 0 aliphatic rings. The molecule has 0 radical (unpaired) electrons. The molecule has 76 valence electrons. The van der Waals surface area contributed by atoms with E-state index < -0.39 is 0 Å². The highest BCUT2D eigenvalue weighted by Gasteiger charge is 2.04. The standard InChI is InChI=1S/C14H13I/c1-10-7-8-12(11(2)9-10)13-5-3-4-6-14(13)15/h3-9H,1-2H3. The van der Waals surface area contributed by atoms with Gasteiger partial charge in [0.15, 0.2) is 0 Å². The molecule has 0 aromatic heterocycles. The first-order valence-electron chi connectivity index (χ1n) is 5.00. The molecule has 0 spiro atoms. The first kappa shape index (κ1) is 10.7. The highest BCUT2D eigenvalue weighted by molar-refractivity contribution is 14.1. The van der Waals surface area contributed by atoms with Crippen LogP contribution in [0.15, 0.2) is 42.5 Å². The first-order valence-corrected chi connectivity index (χ1v) is 6.08. The van der Waals surface area contributed by atoms with Gasteiger partial charge in [-0.2, -0.15) is 0 Å². The molecule has 0 atom stereocenters. The van der Waals surface area contributed by atoms with Crippen LogP contribution in [0, 0.1) is 17.4 Å². The van der Waals surface area contributed by atoms with Crippen molar-refractivity contribution in [3.63, 3.8) is 0 Å². The molecule has 0 unspecified atom stereocenters. The smallest absolute Gasteiger partial charge is 0.0208 e. The normalized spacial score (nSPS) is 10.3. The van der Waals surface area contributed by atoms with Crippen LogP contribution < -0.4 is 0 Å². The Hall–Kier alpha value is -0.830. The summed E-state index contributed by atoms with van der Waals surface area (Å²) in [5, 5.41) is 0. The van der Waals surface area contributed by atoms with Gasteiger partial charge in [0.25, 0.3) is 0 Å².